The Hall–Kier alpha value is -1.26. The van der Waals surface area contributed by atoms with Gasteiger partial charge in [-0.3, -0.25) is 0 Å². The molecule has 0 bridgehead atoms. The van der Waals surface area contributed by atoms with Crippen LogP contribution < -0.4 is 0 Å². The van der Waals surface area contributed by atoms with Gasteiger partial charge in [-0.05, 0) is 31.6 Å². The summed E-state index contributed by atoms with van der Waals surface area (Å²) in [6, 6.07) is 8.22. The number of benzene rings is 1. The minimum atomic E-state index is 0.991. The molecule has 0 unspecified atom stereocenters. The van der Waals surface area contributed by atoms with Crippen LogP contribution in [0.25, 0.3) is 5.57 Å². The van der Waals surface area contributed by atoms with Gasteiger partial charge >= 0.3 is 0 Å². The molecule has 1 rings (SSSR count). The van der Waals surface area contributed by atoms with Crippen LogP contribution in [0.15, 0.2) is 30.0 Å². The molecule has 0 aromatic heterocycles. The van der Waals surface area contributed by atoms with Gasteiger partial charge < -0.3 is 0 Å². The lowest BCUT2D eigenvalue weighted by molar-refractivity contribution is 1.45. The lowest BCUT2D eigenvalue weighted by Gasteiger charge is -1.97. The molecule has 0 aliphatic rings. The Bertz CT molecular complexity index is 284. The van der Waals surface area contributed by atoms with Crippen LogP contribution in [0.3, 0.4) is 0 Å². The van der Waals surface area contributed by atoms with E-state index in [4.69, 9.17) is 6.58 Å². The van der Waals surface area contributed by atoms with Gasteiger partial charge in [0.15, 0.2) is 0 Å². The molecule has 0 saturated heterocycles. The molecule has 0 aliphatic carbocycles. The first kappa shape index (κ1) is 7.84. The molecule has 1 radical (unpaired) electrons. The Labute approximate surface area is 67.9 Å². The molecule has 0 saturated carbocycles. The Morgan fingerprint density at radius 3 is 2.27 bits per heavy atom. The van der Waals surface area contributed by atoms with Crippen molar-refractivity contribution in [1.82, 2.24) is 0 Å². The van der Waals surface area contributed by atoms with E-state index in [1.54, 1.807) is 0 Å². The van der Waals surface area contributed by atoms with Crippen LogP contribution in [0, 0.1) is 13.5 Å². The molecule has 55 valence electrons. The summed E-state index contributed by atoms with van der Waals surface area (Å²) in [6.45, 7) is 9.27. The predicted octanol–water partition coefficient (Wildman–Crippen LogP) is 2.99. The van der Waals surface area contributed by atoms with Gasteiger partial charge in [0.1, 0.15) is 0 Å². The van der Waals surface area contributed by atoms with Crippen molar-refractivity contribution in [2.75, 3.05) is 0 Å². The van der Waals surface area contributed by atoms with Crippen molar-refractivity contribution in [3.8, 4) is 0 Å². The van der Waals surface area contributed by atoms with E-state index in [1.807, 2.05) is 19.1 Å². The highest BCUT2D eigenvalue weighted by molar-refractivity contribution is 5.62. The van der Waals surface area contributed by atoms with E-state index < -0.39 is 0 Å². The number of allylic oxidation sites excluding steroid dienone is 1. The lowest BCUT2D eigenvalue weighted by atomic mass is 10.1. The molecular formula is C11H11. The average molecular weight is 143 g/mol. The van der Waals surface area contributed by atoms with Crippen molar-refractivity contribution in [2.45, 2.75) is 13.8 Å². The fourth-order valence-electron chi connectivity index (χ4n) is 0.887. The summed E-state index contributed by atoms with van der Waals surface area (Å²) < 4.78 is 0. The van der Waals surface area contributed by atoms with Gasteiger partial charge in [0, 0.05) is 0 Å². The number of hydrogen-bond acceptors (Lipinski definition) is 0. The summed E-state index contributed by atoms with van der Waals surface area (Å²) in [7, 11) is 0. The second kappa shape index (κ2) is 3.23. The van der Waals surface area contributed by atoms with Crippen molar-refractivity contribution in [3.63, 3.8) is 0 Å². The minimum Gasteiger partial charge on any atom is -0.116 e. The Morgan fingerprint density at radius 2 is 1.82 bits per heavy atom. The lowest BCUT2D eigenvalue weighted by Crippen LogP contribution is -1.77. The SMILES string of the molecule is [CH]=C=C(C)c1ccc(C)cc1. The number of aryl methyl sites for hydroxylation is 1. The number of hydrogen-bond donors (Lipinski definition) is 0. The van der Waals surface area contributed by atoms with Crippen LogP contribution in [0.5, 0.6) is 0 Å². The predicted molar refractivity (Wildman–Crippen MR) is 48.1 cm³/mol. The van der Waals surface area contributed by atoms with Crippen molar-refractivity contribution >= 4 is 5.57 Å². The van der Waals surface area contributed by atoms with E-state index in [0.717, 1.165) is 11.1 Å². The topological polar surface area (TPSA) is 0 Å². The Kier molecular flexibility index (Phi) is 2.30. The summed E-state index contributed by atoms with van der Waals surface area (Å²) in [5, 5.41) is 0. The van der Waals surface area contributed by atoms with E-state index in [0.29, 0.717) is 0 Å². The Morgan fingerprint density at radius 1 is 1.27 bits per heavy atom. The fourth-order valence-corrected chi connectivity index (χ4v) is 0.887. The van der Waals surface area contributed by atoms with Crippen molar-refractivity contribution < 1.29 is 0 Å². The van der Waals surface area contributed by atoms with Crippen LogP contribution in [-0.4, -0.2) is 0 Å². The molecule has 1 aromatic carbocycles. The van der Waals surface area contributed by atoms with Gasteiger partial charge in [0.25, 0.3) is 0 Å². The second-order valence-electron chi connectivity index (χ2n) is 2.64. The van der Waals surface area contributed by atoms with Crippen LogP contribution in [-0.2, 0) is 0 Å². The molecule has 11 heavy (non-hydrogen) atoms. The third kappa shape index (κ3) is 1.83. The van der Waals surface area contributed by atoms with Gasteiger partial charge in [-0.15, -0.1) is 5.73 Å². The molecule has 1 aromatic rings. The van der Waals surface area contributed by atoms with E-state index >= 15 is 0 Å². The highest BCUT2D eigenvalue weighted by atomic mass is 14.0. The zero-order valence-corrected chi connectivity index (χ0v) is 6.89. The first-order valence-corrected chi connectivity index (χ1v) is 3.61. The molecule has 0 aliphatic heterocycles. The molecule has 0 heteroatoms. The highest BCUT2D eigenvalue weighted by Crippen LogP contribution is 2.11. The average Bonchev–Trinajstić information content (AvgIpc) is 2.05. The molecular weight excluding hydrogens is 132 g/mol. The van der Waals surface area contributed by atoms with Crippen molar-refractivity contribution in [2.24, 2.45) is 0 Å². The van der Waals surface area contributed by atoms with Gasteiger partial charge in [0.2, 0.25) is 0 Å². The van der Waals surface area contributed by atoms with E-state index in [-0.39, 0.29) is 0 Å². The maximum Gasteiger partial charge on any atom is -0.00188 e. The summed E-state index contributed by atoms with van der Waals surface area (Å²) >= 11 is 0. The maximum atomic E-state index is 5.26. The standard InChI is InChI=1S/C11H11/c1-4-10(3)11-7-5-9(2)6-8-11/h1,5-8H,2-3H3. The van der Waals surface area contributed by atoms with Crippen LogP contribution >= 0.6 is 0 Å². The smallest absolute Gasteiger partial charge is 0.00188 e. The third-order valence-corrected chi connectivity index (χ3v) is 1.70. The molecule has 0 nitrogen and oxygen atoms in total. The van der Waals surface area contributed by atoms with Crippen LogP contribution in [0.1, 0.15) is 18.1 Å². The first-order valence-electron chi connectivity index (χ1n) is 3.61. The van der Waals surface area contributed by atoms with Gasteiger partial charge in [-0.2, -0.15) is 0 Å². The summed E-state index contributed by atoms with van der Waals surface area (Å²) in [4.78, 5) is 0. The van der Waals surface area contributed by atoms with Crippen molar-refractivity contribution in [3.05, 3.63) is 47.7 Å². The maximum absolute atomic E-state index is 5.26. The molecule has 0 fully saturated rings. The normalized spacial score (nSPS) is 8.91. The van der Waals surface area contributed by atoms with Gasteiger partial charge in [-0.1, -0.05) is 29.8 Å². The Balaban J connectivity index is 3.08. The second-order valence-corrected chi connectivity index (χ2v) is 2.64. The zero-order valence-electron chi connectivity index (χ0n) is 6.89. The van der Waals surface area contributed by atoms with E-state index in [9.17, 15) is 0 Å². The fraction of sp³-hybridized carbons (Fsp3) is 0.182. The van der Waals surface area contributed by atoms with E-state index in [1.165, 1.54) is 5.56 Å². The van der Waals surface area contributed by atoms with Gasteiger partial charge in [0.05, 0.1) is 0 Å². The monoisotopic (exact) mass is 143 g/mol. The summed E-state index contributed by atoms with van der Waals surface area (Å²) in [5.41, 5.74) is 6.01. The zero-order chi connectivity index (χ0) is 8.27. The minimum absolute atomic E-state index is 0.991. The summed E-state index contributed by atoms with van der Waals surface area (Å²) in [6.07, 6.45) is 0. The van der Waals surface area contributed by atoms with Gasteiger partial charge in [-0.25, -0.2) is 0 Å². The van der Waals surface area contributed by atoms with Crippen molar-refractivity contribution in [1.29, 1.82) is 0 Å². The molecule has 0 spiro atoms. The summed E-state index contributed by atoms with van der Waals surface area (Å²) in [5.74, 6) is 0. The molecule has 0 amide bonds. The molecule has 0 atom stereocenters. The largest absolute Gasteiger partial charge is 0.116 e. The number of rotatable bonds is 1. The third-order valence-electron chi connectivity index (χ3n) is 1.70. The molecule has 0 N–H and O–H groups in total. The van der Waals surface area contributed by atoms with Crippen LogP contribution in [0.4, 0.5) is 0 Å². The first-order chi connectivity index (χ1) is 5.24. The van der Waals surface area contributed by atoms with E-state index in [2.05, 4.69) is 24.8 Å². The quantitative estimate of drug-likeness (QED) is 0.530. The highest BCUT2D eigenvalue weighted by Gasteiger charge is 1.91. The molecule has 0 heterocycles. The van der Waals surface area contributed by atoms with Crippen LogP contribution in [0.2, 0.25) is 0 Å².